The van der Waals surface area contributed by atoms with Gasteiger partial charge in [-0.15, -0.1) is 12.4 Å². The Morgan fingerprint density at radius 3 is 2.41 bits per heavy atom. The van der Waals surface area contributed by atoms with E-state index in [1.54, 1.807) is 7.05 Å². The summed E-state index contributed by atoms with van der Waals surface area (Å²) in [6.45, 7) is 0.744. The standard InChI is InChI=1S/C11H17N5.ClH/c1-14-11(16-10(12)13)15-8-7-9-5-3-2-4-6-9;/h2-6H,7-8H2,1H3,(H5,12,13,14,15,16);1H. The lowest BCUT2D eigenvalue weighted by molar-refractivity contribution is 0.856. The van der Waals surface area contributed by atoms with Crippen molar-refractivity contribution >= 4 is 24.3 Å². The molecule has 0 bridgehead atoms. The van der Waals surface area contributed by atoms with Gasteiger partial charge >= 0.3 is 0 Å². The van der Waals surface area contributed by atoms with Crippen LogP contribution in [0.3, 0.4) is 0 Å². The van der Waals surface area contributed by atoms with Gasteiger partial charge in [-0.3, -0.25) is 4.99 Å². The minimum atomic E-state index is 0. The van der Waals surface area contributed by atoms with Gasteiger partial charge in [0.1, 0.15) is 0 Å². The zero-order valence-electron chi connectivity index (χ0n) is 9.76. The Morgan fingerprint density at radius 1 is 1.24 bits per heavy atom. The van der Waals surface area contributed by atoms with Gasteiger partial charge in [-0.05, 0) is 12.0 Å². The van der Waals surface area contributed by atoms with Gasteiger partial charge < -0.3 is 16.8 Å². The Morgan fingerprint density at radius 2 is 1.88 bits per heavy atom. The highest BCUT2D eigenvalue weighted by Crippen LogP contribution is 1.98. The molecular weight excluding hydrogens is 238 g/mol. The highest BCUT2D eigenvalue weighted by Gasteiger charge is 1.95. The Bertz CT molecular complexity index is 371. The average molecular weight is 256 g/mol. The lowest BCUT2D eigenvalue weighted by atomic mass is 10.1. The maximum absolute atomic E-state index is 5.26. The van der Waals surface area contributed by atoms with E-state index in [2.05, 4.69) is 27.4 Å². The van der Waals surface area contributed by atoms with Crippen LogP contribution in [0.5, 0.6) is 0 Å². The minimum Gasteiger partial charge on any atom is -0.370 e. The number of nitrogens with zero attached hydrogens (tertiary/aromatic N) is 2. The molecule has 1 rings (SSSR count). The number of guanidine groups is 2. The molecule has 6 heteroatoms. The predicted molar refractivity (Wildman–Crippen MR) is 74.6 cm³/mol. The van der Waals surface area contributed by atoms with Crippen LogP contribution in [0.25, 0.3) is 0 Å². The average Bonchev–Trinajstić information content (AvgIpc) is 2.28. The van der Waals surface area contributed by atoms with E-state index in [4.69, 9.17) is 11.5 Å². The molecule has 0 aromatic heterocycles. The van der Waals surface area contributed by atoms with Gasteiger partial charge in [0.05, 0.1) is 0 Å². The molecule has 5 nitrogen and oxygen atoms in total. The zero-order chi connectivity index (χ0) is 11.8. The lowest BCUT2D eigenvalue weighted by Gasteiger charge is -2.05. The fourth-order valence-corrected chi connectivity index (χ4v) is 1.25. The molecule has 0 radical (unpaired) electrons. The van der Waals surface area contributed by atoms with Crippen LogP contribution < -0.4 is 16.8 Å². The second-order valence-electron chi connectivity index (χ2n) is 3.25. The van der Waals surface area contributed by atoms with Crippen molar-refractivity contribution in [3.8, 4) is 0 Å². The predicted octanol–water partition coefficient (Wildman–Crippen LogP) is 0.500. The first-order chi connectivity index (χ1) is 7.72. The van der Waals surface area contributed by atoms with Gasteiger partial charge in [0, 0.05) is 13.6 Å². The number of benzene rings is 1. The van der Waals surface area contributed by atoms with Crippen LogP contribution in [0.15, 0.2) is 40.3 Å². The summed E-state index contributed by atoms with van der Waals surface area (Å²) in [6.07, 6.45) is 0.903. The summed E-state index contributed by atoms with van der Waals surface area (Å²) in [5, 5.41) is 3.05. The zero-order valence-corrected chi connectivity index (χ0v) is 10.6. The molecule has 0 aliphatic carbocycles. The Hall–Kier alpha value is -1.75. The summed E-state index contributed by atoms with van der Waals surface area (Å²) in [7, 11) is 1.64. The van der Waals surface area contributed by atoms with Crippen molar-refractivity contribution in [2.45, 2.75) is 6.42 Å². The number of halogens is 1. The van der Waals surface area contributed by atoms with E-state index in [0.29, 0.717) is 5.96 Å². The van der Waals surface area contributed by atoms with Crippen LogP contribution in [0, 0.1) is 0 Å². The first-order valence-electron chi connectivity index (χ1n) is 5.06. The third-order valence-electron chi connectivity index (χ3n) is 1.99. The van der Waals surface area contributed by atoms with E-state index >= 15 is 0 Å². The van der Waals surface area contributed by atoms with Crippen LogP contribution in [-0.2, 0) is 6.42 Å². The molecule has 0 unspecified atom stereocenters. The van der Waals surface area contributed by atoms with E-state index in [0.717, 1.165) is 13.0 Å². The number of hydrogen-bond donors (Lipinski definition) is 3. The molecule has 0 amide bonds. The molecule has 0 atom stereocenters. The molecule has 0 saturated carbocycles. The molecule has 0 saturated heterocycles. The monoisotopic (exact) mass is 255 g/mol. The molecule has 5 N–H and O–H groups in total. The number of rotatable bonds is 3. The molecule has 1 aromatic carbocycles. The highest BCUT2D eigenvalue weighted by molar-refractivity contribution is 5.93. The van der Waals surface area contributed by atoms with E-state index in [-0.39, 0.29) is 18.4 Å². The number of aliphatic imine (C=N–C) groups is 2. The van der Waals surface area contributed by atoms with Gasteiger partial charge in [-0.2, -0.15) is 4.99 Å². The molecule has 1 aromatic rings. The van der Waals surface area contributed by atoms with Crippen molar-refractivity contribution in [3.05, 3.63) is 35.9 Å². The SMILES string of the molecule is CN=C(N=C(N)N)NCCc1ccccc1.Cl. The maximum atomic E-state index is 5.26. The highest BCUT2D eigenvalue weighted by atomic mass is 35.5. The Balaban J connectivity index is 0.00000256. The van der Waals surface area contributed by atoms with Crippen molar-refractivity contribution in [3.63, 3.8) is 0 Å². The van der Waals surface area contributed by atoms with E-state index in [1.807, 2.05) is 18.2 Å². The molecule has 0 heterocycles. The van der Waals surface area contributed by atoms with Gasteiger partial charge in [-0.1, -0.05) is 30.3 Å². The molecule has 0 fully saturated rings. The second kappa shape index (κ2) is 8.41. The second-order valence-corrected chi connectivity index (χ2v) is 3.25. The molecule has 17 heavy (non-hydrogen) atoms. The van der Waals surface area contributed by atoms with E-state index in [1.165, 1.54) is 5.56 Å². The fourth-order valence-electron chi connectivity index (χ4n) is 1.25. The van der Waals surface area contributed by atoms with Crippen molar-refractivity contribution < 1.29 is 0 Å². The third kappa shape index (κ3) is 6.42. The van der Waals surface area contributed by atoms with Crippen LogP contribution in [0.2, 0.25) is 0 Å². The molecule has 0 aliphatic heterocycles. The summed E-state index contributed by atoms with van der Waals surface area (Å²) < 4.78 is 0. The van der Waals surface area contributed by atoms with Crippen molar-refractivity contribution in [1.82, 2.24) is 5.32 Å². The minimum absolute atomic E-state index is 0. The summed E-state index contributed by atoms with van der Waals surface area (Å²) in [5.74, 6) is 0.462. The third-order valence-corrected chi connectivity index (χ3v) is 1.99. The Kier molecular flexibility index (Phi) is 7.54. The van der Waals surface area contributed by atoms with Crippen molar-refractivity contribution in [1.29, 1.82) is 0 Å². The first kappa shape index (κ1) is 15.2. The van der Waals surface area contributed by atoms with Crippen molar-refractivity contribution in [2.75, 3.05) is 13.6 Å². The van der Waals surface area contributed by atoms with Gasteiger partial charge in [0.2, 0.25) is 5.96 Å². The summed E-state index contributed by atoms with van der Waals surface area (Å²) in [6, 6.07) is 10.2. The topological polar surface area (TPSA) is 88.8 Å². The normalized spacial score (nSPS) is 10.3. The number of hydrogen-bond acceptors (Lipinski definition) is 1. The lowest BCUT2D eigenvalue weighted by Crippen LogP contribution is -2.30. The van der Waals surface area contributed by atoms with Crippen LogP contribution in [0.1, 0.15) is 5.56 Å². The Labute approximate surface area is 107 Å². The van der Waals surface area contributed by atoms with Crippen LogP contribution in [-0.4, -0.2) is 25.5 Å². The van der Waals surface area contributed by atoms with E-state index < -0.39 is 0 Å². The molecule has 94 valence electrons. The quantitative estimate of drug-likeness (QED) is 0.543. The molecule has 0 aliphatic rings. The van der Waals surface area contributed by atoms with Gasteiger partial charge in [-0.25, -0.2) is 0 Å². The first-order valence-corrected chi connectivity index (χ1v) is 5.06. The van der Waals surface area contributed by atoms with Crippen LogP contribution >= 0.6 is 12.4 Å². The largest absolute Gasteiger partial charge is 0.370 e. The van der Waals surface area contributed by atoms with Crippen LogP contribution in [0.4, 0.5) is 0 Å². The summed E-state index contributed by atoms with van der Waals surface area (Å²) in [5.41, 5.74) is 11.8. The molecular formula is C11H18ClN5. The summed E-state index contributed by atoms with van der Waals surface area (Å²) >= 11 is 0. The van der Waals surface area contributed by atoms with Crippen molar-refractivity contribution in [2.24, 2.45) is 21.5 Å². The smallest absolute Gasteiger partial charge is 0.220 e. The van der Waals surface area contributed by atoms with E-state index in [9.17, 15) is 0 Å². The summed E-state index contributed by atoms with van der Waals surface area (Å²) in [4.78, 5) is 7.76. The number of nitrogens with one attached hydrogen (secondary N) is 1. The number of nitrogens with two attached hydrogens (primary N) is 2. The maximum Gasteiger partial charge on any atom is 0.220 e. The molecule has 0 spiro atoms. The fraction of sp³-hybridized carbons (Fsp3) is 0.273. The van der Waals surface area contributed by atoms with Gasteiger partial charge in [0.15, 0.2) is 5.96 Å². The van der Waals surface area contributed by atoms with Gasteiger partial charge in [0.25, 0.3) is 0 Å².